The molecule has 0 aliphatic heterocycles. The van der Waals surface area contributed by atoms with Crippen LogP contribution in [-0.4, -0.2) is 31.5 Å². The summed E-state index contributed by atoms with van der Waals surface area (Å²) in [7, 11) is -3.32. The molecule has 0 bridgehead atoms. The summed E-state index contributed by atoms with van der Waals surface area (Å²) in [4.78, 5) is 27.9. The van der Waals surface area contributed by atoms with E-state index in [0.717, 1.165) is 12.5 Å². The minimum atomic E-state index is -3.32. The Labute approximate surface area is 147 Å². The van der Waals surface area contributed by atoms with Gasteiger partial charge in [-0.1, -0.05) is 0 Å². The Morgan fingerprint density at radius 3 is 2.35 bits per heavy atom. The lowest BCUT2D eigenvalue weighted by molar-refractivity contribution is 0.0990. The van der Waals surface area contributed by atoms with E-state index in [9.17, 15) is 18.0 Å². The van der Waals surface area contributed by atoms with Crippen LogP contribution >= 0.6 is 0 Å². The summed E-state index contributed by atoms with van der Waals surface area (Å²) >= 11 is 0. The molecule has 2 N–H and O–H groups in total. The predicted molar refractivity (Wildman–Crippen MR) is 90.7 cm³/mol. The van der Waals surface area contributed by atoms with Gasteiger partial charge in [-0.15, -0.1) is 0 Å². The zero-order valence-electron chi connectivity index (χ0n) is 13.4. The maximum absolute atomic E-state index is 12.1. The third-order valence-corrected chi connectivity index (χ3v) is 4.37. The molecule has 0 atom stereocenters. The van der Waals surface area contributed by atoms with Gasteiger partial charge in [0.25, 0.3) is 11.8 Å². The van der Waals surface area contributed by atoms with E-state index >= 15 is 0 Å². The van der Waals surface area contributed by atoms with Gasteiger partial charge in [0.05, 0.1) is 11.2 Å². The van der Waals surface area contributed by atoms with Crippen LogP contribution in [0.5, 0.6) is 0 Å². The van der Waals surface area contributed by atoms with E-state index in [1.54, 1.807) is 6.07 Å². The Bertz CT molecular complexity index is 1040. The van der Waals surface area contributed by atoms with E-state index in [0.29, 0.717) is 5.69 Å². The van der Waals surface area contributed by atoms with E-state index in [1.165, 1.54) is 36.6 Å². The van der Waals surface area contributed by atoms with Gasteiger partial charge in [0.1, 0.15) is 6.26 Å². The molecule has 26 heavy (non-hydrogen) atoms. The van der Waals surface area contributed by atoms with Crippen molar-refractivity contribution in [1.82, 2.24) is 4.98 Å². The second-order valence-electron chi connectivity index (χ2n) is 5.22. The first-order valence-corrected chi connectivity index (χ1v) is 9.14. The average Bonchev–Trinajstić information content (AvgIpc) is 3.26. The Hall–Kier alpha value is -3.40. The molecule has 0 fully saturated rings. The van der Waals surface area contributed by atoms with Crippen molar-refractivity contribution in [3.63, 3.8) is 0 Å². The van der Waals surface area contributed by atoms with Crippen molar-refractivity contribution in [2.45, 2.75) is 4.90 Å². The number of rotatable bonds is 5. The van der Waals surface area contributed by atoms with Crippen LogP contribution in [0.25, 0.3) is 0 Å². The van der Waals surface area contributed by atoms with Crippen molar-refractivity contribution in [2.24, 2.45) is 0 Å². The lowest BCUT2D eigenvalue weighted by atomic mass is 10.3. The van der Waals surface area contributed by atoms with Gasteiger partial charge >= 0.3 is 6.01 Å². The number of carbonyl (C=O) groups is 2. The smallest absolute Gasteiger partial charge is 0.302 e. The third-order valence-electron chi connectivity index (χ3n) is 3.24. The first-order valence-electron chi connectivity index (χ1n) is 7.25. The highest BCUT2D eigenvalue weighted by molar-refractivity contribution is 7.90. The molecule has 2 heterocycles. The lowest BCUT2D eigenvalue weighted by Crippen LogP contribution is -2.14. The number of carbonyl (C=O) groups excluding carboxylic acids is 2. The van der Waals surface area contributed by atoms with Crippen molar-refractivity contribution in [1.29, 1.82) is 0 Å². The van der Waals surface area contributed by atoms with Crippen LogP contribution in [0.2, 0.25) is 0 Å². The molecule has 2 aromatic heterocycles. The molecule has 0 aliphatic carbocycles. The fourth-order valence-corrected chi connectivity index (χ4v) is 2.61. The van der Waals surface area contributed by atoms with Crippen LogP contribution in [0.3, 0.4) is 0 Å². The third kappa shape index (κ3) is 3.98. The molecule has 134 valence electrons. The summed E-state index contributed by atoms with van der Waals surface area (Å²) in [6.07, 6.45) is 3.52. The van der Waals surface area contributed by atoms with Gasteiger partial charge in [0.2, 0.25) is 0 Å². The van der Waals surface area contributed by atoms with Crippen LogP contribution in [0.1, 0.15) is 21.0 Å². The van der Waals surface area contributed by atoms with Crippen molar-refractivity contribution in [3.05, 3.63) is 60.4 Å². The summed E-state index contributed by atoms with van der Waals surface area (Å²) in [5.41, 5.74) is 0.318. The Morgan fingerprint density at radius 2 is 1.73 bits per heavy atom. The lowest BCUT2D eigenvalue weighted by Gasteiger charge is -2.04. The molecular weight excluding hydrogens is 362 g/mol. The van der Waals surface area contributed by atoms with E-state index in [2.05, 4.69) is 15.6 Å². The standard InChI is InChI=1S/C16H13N3O6S/c1-26(22,23)11-6-4-10(5-7-11)17-14(20)12-9-25-16(18-12)19-15(21)13-3-2-8-24-13/h2-9H,1H3,(H,17,20)(H,18,19,21). The molecule has 2 amide bonds. The number of hydrogen-bond acceptors (Lipinski definition) is 7. The highest BCUT2D eigenvalue weighted by atomic mass is 32.2. The molecule has 3 aromatic rings. The summed E-state index contributed by atoms with van der Waals surface area (Å²) in [6.45, 7) is 0. The predicted octanol–water partition coefficient (Wildman–Crippen LogP) is 2.18. The first kappa shape index (κ1) is 17.4. The minimum Gasteiger partial charge on any atom is -0.459 e. The number of nitrogens with zero attached hydrogens (tertiary/aromatic N) is 1. The van der Waals surface area contributed by atoms with Gasteiger partial charge in [-0.2, -0.15) is 4.98 Å². The molecule has 0 unspecified atom stereocenters. The second kappa shape index (κ2) is 6.84. The topological polar surface area (TPSA) is 132 Å². The molecule has 0 aliphatic rings. The number of anilines is 2. The van der Waals surface area contributed by atoms with Crippen LogP contribution in [0, 0.1) is 0 Å². The number of aromatic nitrogens is 1. The monoisotopic (exact) mass is 375 g/mol. The molecule has 9 nitrogen and oxygen atoms in total. The number of furan rings is 1. The van der Waals surface area contributed by atoms with E-state index in [1.807, 2.05) is 0 Å². The second-order valence-corrected chi connectivity index (χ2v) is 7.24. The first-order chi connectivity index (χ1) is 12.3. The van der Waals surface area contributed by atoms with Gasteiger partial charge in [0, 0.05) is 11.9 Å². The van der Waals surface area contributed by atoms with Crippen LogP contribution in [0.4, 0.5) is 11.7 Å². The van der Waals surface area contributed by atoms with E-state index < -0.39 is 21.7 Å². The van der Waals surface area contributed by atoms with Crippen molar-refractivity contribution in [3.8, 4) is 0 Å². The quantitative estimate of drug-likeness (QED) is 0.698. The molecular formula is C16H13N3O6S. The van der Waals surface area contributed by atoms with Crippen LogP contribution in [0.15, 0.2) is 62.7 Å². The van der Waals surface area contributed by atoms with E-state index in [-0.39, 0.29) is 22.4 Å². The number of amides is 2. The van der Waals surface area contributed by atoms with Gasteiger partial charge in [-0.25, -0.2) is 8.42 Å². The van der Waals surface area contributed by atoms with E-state index in [4.69, 9.17) is 8.83 Å². The maximum Gasteiger partial charge on any atom is 0.302 e. The summed E-state index contributed by atoms with van der Waals surface area (Å²) in [5.74, 6) is -1.08. The number of nitrogens with one attached hydrogen (secondary N) is 2. The average molecular weight is 375 g/mol. The van der Waals surface area contributed by atoms with Crippen LogP contribution < -0.4 is 10.6 Å². The summed E-state index contributed by atoms with van der Waals surface area (Å²) in [6, 6.07) is 8.52. The molecule has 10 heteroatoms. The Balaban J connectivity index is 1.65. The number of oxazole rings is 1. The number of benzene rings is 1. The zero-order chi connectivity index (χ0) is 18.7. The number of sulfone groups is 1. The largest absolute Gasteiger partial charge is 0.459 e. The molecule has 1 aromatic carbocycles. The number of hydrogen-bond donors (Lipinski definition) is 2. The van der Waals surface area contributed by atoms with Gasteiger partial charge in [-0.3, -0.25) is 14.9 Å². The van der Waals surface area contributed by atoms with Gasteiger partial charge < -0.3 is 14.2 Å². The molecule has 0 saturated carbocycles. The molecule has 0 radical (unpaired) electrons. The summed E-state index contributed by atoms with van der Waals surface area (Å²) < 4.78 is 32.8. The SMILES string of the molecule is CS(=O)(=O)c1ccc(NC(=O)c2coc(NC(=O)c3ccco3)n2)cc1. The Morgan fingerprint density at radius 1 is 1.00 bits per heavy atom. The highest BCUT2D eigenvalue weighted by Gasteiger charge is 2.16. The molecule has 0 saturated heterocycles. The highest BCUT2D eigenvalue weighted by Crippen LogP contribution is 2.16. The summed E-state index contributed by atoms with van der Waals surface area (Å²) in [5, 5.41) is 4.89. The van der Waals surface area contributed by atoms with Gasteiger partial charge in [0.15, 0.2) is 21.3 Å². The van der Waals surface area contributed by atoms with Crippen molar-refractivity contribution < 1.29 is 26.8 Å². The normalized spacial score (nSPS) is 11.1. The molecule has 0 spiro atoms. The maximum atomic E-state index is 12.1. The molecule has 3 rings (SSSR count). The van der Waals surface area contributed by atoms with Crippen molar-refractivity contribution >= 4 is 33.4 Å². The van der Waals surface area contributed by atoms with Crippen LogP contribution in [-0.2, 0) is 9.84 Å². The minimum absolute atomic E-state index is 0.0630. The Kier molecular flexibility index (Phi) is 4.59. The zero-order valence-corrected chi connectivity index (χ0v) is 14.2. The fourth-order valence-electron chi connectivity index (χ4n) is 1.98. The van der Waals surface area contributed by atoms with Gasteiger partial charge in [-0.05, 0) is 36.4 Å². The van der Waals surface area contributed by atoms with Crippen molar-refractivity contribution in [2.75, 3.05) is 16.9 Å². The fraction of sp³-hybridized carbons (Fsp3) is 0.0625.